The lowest BCUT2D eigenvalue weighted by molar-refractivity contribution is 0.247. The Morgan fingerprint density at radius 1 is 1.40 bits per heavy atom. The molecular weight excluding hydrogens is 212 g/mol. The van der Waals surface area contributed by atoms with Gasteiger partial charge in [0.1, 0.15) is 0 Å². The van der Waals surface area contributed by atoms with Crippen molar-refractivity contribution in [2.24, 2.45) is 0 Å². The largest absolute Gasteiger partial charge is 0.312 e. The van der Waals surface area contributed by atoms with Crippen molar-refractivity contribution in [1.29, 1.82) is 0 Å². The third kappa shape index (κ3) is 2.19. The third-order valence-corrected chi connectivity index (χ3v) is 5.21. The zero-order valence-corrected chi connectivity index (χ0v) is 10.1. The Morgan fingerprint density at radius 3 is 2.93 bits per heavy atom. The van der Waals surface area contributed by atoms with Crippen molar-refractivity contribution >= 4 is 10.0 Å². The maximum atomic E-state index is 11.7. The molecule has 2 fully saturated rings. The zero-order valence-electron chi connectivity index (χ0n) is 9.25. The zero-order chi connectivity index (χ0) is 10.9. The molecule has 1 aliphatic carbocycles. The Kier molecular flexibility index (Phi) is 3.05. The van der Waals surface area contributed by atoms with Gasteiger partial charge in [-0.3, -0.25) is 0 Å². The summed E-state index contributed by atoms with van der Waals surface area (Å²) in [5.74, 6) is 0.182. The summed E-state index contributed by atoms with van der Waals surface area (Å²) < 4.78 is 26.3. The molecule has 1 heterocycles. The van der Waals surface area contributed by atoms with E-state index in [4.69, 9.17) is 0 Å². The highest BCUT2D eigenvalue weighted by Gasteiger charge is 2.46. The van der Waals surface area contributed by atoms with Crippen LogP contribution in [0.4, 0.5) is 0 Å². The van der Waals surface area contributed by atoms with Crippen molar-refractivity contribution in [1.82, 2.24) is 10.0 Å². The molecule has 88 valence electrons. The van der Waals surface area contributed by atoms with E-state index in [1.165, 1.54) is 6.42 Å². The van der Waals surface area contributed by atoms with Gasteiger partial charge in [0.05, 0.1) is 5.75 Å². The third-order valence-electron chi connectivity index (χ3n) is 3.73. The summed E-state index contributed by atoms with van der Waals surface area (Å²) in [6.45, 7) is 2.64. The molecular formula is C10H20N2O2S. The fourth-order valence-electron chi connectivity index (χ4n) is 2.86. The van der Waals surface area contributed by atoms with Crippen LogP contribution in [0.15, 0.2) is 0 Å². The molecule has 15 heavy (non-hydrogen) atoms. The van der Waals surface area contributed by atoms with Crippen molar-refractivity contribution in [2.75, 3.05) is 12.3 Å². The van der Waals surface area contributed by atoms with Crippen LogP contribution in [0.1, 0.15) is 39.0 Å². The average molecular weight is 232 g/mol. The van der Waals surface area contributed by atoms with Crippen molar-refractivity contribution < 1.29 is 8.42 Å². The molecule has 2 aliphatic rings. The molecule has 1 saturated heterocycles. The Morgan fingerprint density at radius 2 is 2.20 bits per heavy atom. The molecule has 1 aliphatic heterocycles. The standard InChI is InChI=1S/C10H20N2O2S/c1-2-15(13,14)12-10-6-4-3-5-9(10)11-8-7-10/h9,11-12H,2-8H2,1H3. The average Bonchev–Trinajstić information content (AvgIpc) is 2.60. The van der Waals surface area contributed by atoms with Crippen LogP contribution in [-0.2, 0) is 10.0 Å². The summed E-state index contributed by atoms with van der Waals surface area (Å²) >= 11 is 0. The van der Waals surface area contributed by atoms with E-state index in [1.807, 2.05) is 0 Å². The fourth-order valence-corrected chi connectivity index (χ4v) is 3.97. The highest BCUT2D eigenvalue weighted by atomic mass is 32.2. The van der Waals surface area contributed by atoms with Gasteiger partial charge < -0.3 is 5.32 Å². The molecule has 0 amide bonds. The number of hydrogen-bond donors (Lipinski definition) is 2. The van der Waals surface area contributed by atoms with E-state index in [2.05, 4.69) is 10.0 Å². The predicted molar refractivity (Wildman–Crippen MR) is 60.2 cm³/mol. The van der Waals surface area contributed by atoms with Gasteiger partial charge in [-0.05, 0) is 32.7 Å². The van der Waals surface area contributed by atoms with E-state index >= 15 is 0 Å². The van der Waals surface area contributed by atoms with Crippen molar-refractivity contribution in [3.8, 4) is 0 Å². The number of hydrogen-bond acceptors (Lipinski definition) is 3. The molecule has 2 atom stereocenters. The highest BCUT2D eigenvalue weighted by Crippen LogP contribution is 2.35. The molecule has 5 heteroatoms. The van der Waals surface area contributed by atoms with E-state index < -0.39 is 10.0 Å². The number of rotatable bonds is 3. The van der Waals surface area contributed by atoms with Crippen molar-refractivity contribution in [3.63, 3.8) is 0 Å². The van der Waals surface area contributed by atoms with Crippen molar-refractivity contribution in [2.45, 2.75) is 50.6 Å². The number of fused-ring (bicyclic) bond motifs is 1. The lowest BCUT2D eigenvalue weighted by Gasteiger charge is -2.39. The van der Waals surface area contributed by atoms with Crippen LogP contribution < -0.4 is 10.0 Å². The molecule has 2 unspecified atom stereocenters. The highest BCUT2D eigenvalue weighted by molar-refractivity contribution is 7.89. The van der Waals surface area contributed by atoms with Crippen LogP contribution >= 0.6 is 0 Å². The van der Waals surface area contributed by atoms with E-state index in [9.17, 15) is 8.42 Å². The maximum Gasteiger partial charge on any atom is 0.211 e. The molecule has 0 aromatic carbocycles. The number of nitrogens with one attached hydrogen (secondary N) is 2. The van der Waals surface area contributed by atoms with Crippen LogP contribution in [0.2, 0.25) is 0 Å². The van der Waals surface area contributed by atoms with E-state index in [0.717, 1.165) is 32.2 Å². The Balaban J connectivity index is 2.16. The van der Waals surface area contributed by atoms with Crippen LogP contribution in [0.25, 0.3) is 0 Å². The SMILES string of the molecule is CCS(=O)(=O)NC12CCCCC1NCC2. The summed E-state index contributed by atoms with van der Waals surface area (Å²) in [6.07, 6.45) is 5.39. The topological polar surface area (TPSA) is 58.2 Å². The van der Waals surface area contributed by atoms with Gasteiger partial charge in [-0.1, -0.05) is 12.8 Å². The van der Waals surface area contributed by atoms with Gasteiger partial charge in [-0.25, -0.2) is 13.1 Å². The van der Waals surface area contributed by atoms with Crippen LogP contribution in [0.5, 0.6) is 0 Å². The van der Waals surface area contributed by atoms with E-state index in [-0.39, 0.29) is 11.3 Å². The second kappa shape index (κ2) is 4.03. The fraction of sp³-hybridized carbons (Fsp3) is 1.00. The van der Waals surface area contributed by atoms with E-state index in [1.54, 1.807) is 6.92 Å². The lowest BCUT2D eigenvalue weighted by atomic mass is 9.79. The summed E-state index contributed by atoms with van der Waals surface area (Å²) in [6, 6.07) is 0.354. The summed E-state index contributed by atoms with van der Waals surface area (Å²) in [4.78, 5) is 0. The Labute approximate surface area is 91.9 Å². The minimum Gasteiger partial charge on any atom is -0.312 e. The minimum absolute atomic E-state index is 0.174. The van der Waals surface area contributed by atoms with Gasteiger partial charge in [0.2, 0.25) is 10.0 Å². The lowest BCUT2D eigenvalue weighted by Crippen LogP contribution is -2.57. The molecule has 2 N–H and O–H groups in total. The monoisotopic (exact) mass is 232 g/mol. The molecule has 0 spiro atoms. The first kappa shape index (κ1) is 11.4. The van der Waals surface area contributed by atoms with Gasteiger partial charge in [-0.2, -0.15) is 0 Å². The smallest absolute Gasteiger partial charge is 0.211 e. The summed E-state index contributed by atoms with van der Waals surface area (Å²) in [5, 5.41) is 3.42. The molecule has 4 nitrogen and oxygen atoms in total. The normalized spacial score (nSPS) is 36.5. The van der Waals surface area contributed by atoms with Crippen LogP contribution in [-0.4, -0.2) is 32.3 Å². The molecule has 2 rings (SSSR count). The van der Waals surface area contributed by atoms with Gasteiger partial charge in [0.15, 0.2) is 0 Å². The number of sulfonamides is 1. The summed E-state index contributed by atoms with van der Waals surface area (Å²) in [5.41, 5.74) is -0.174. The molecule has 1 saturated carbocycles. The van der Waals surface area contributed by atoms with Gasteiger partial charge in [-0.15, -0.1) is 0 Å². The molecule has 0 aromatic rings. The first-order valence-electron chi connectivity index (χ1n) is 5.83. The second-order valence-corrected chi connectivity index (χ2v) is 6.68. The Bertz CT molecular complexity index is 328. The Hall–Kier alpha value is -0.130. The van der Waals surface area contributed by atoms with Crippen molar-refractivity contribution in [3.05, 3.63) is 0 Å². The van der Waals surface area contributed by atoms with Gasteiger partial charge in [0, 0.05) is 11.6 Å². The first-order valence-corrected chi connectivity index (χ1v) is 7.48. The second-order valence-electron chi connectivity index (χ2n) is 4.66. The predicted octanol–water partition coefficient (Wildman–Crippen LogP) is 0.600. The molecule has 0 radical (unpaired) electrons. The van der Waals surface area contributed by atoms with E-state index in [0.29, 0.717) is 6.04 Å². The first-order chi connectivity index (χ1) is 7.08. The van der Waals surface area contributed by atoms with Crippen LogP contribution in [0, 0.1) is 0 Å². The van der Waals surface area contributed by atoms with Gasteiger partial charge >= 0.3 is 0 Å². The minimum atomic E-state index is -3.07. The molecule has 0 aromatic heterocycles. The maximum absolute atomic E-state index is 11.7. The van der Waals surface area contributed by atoms with Gasteiger partial charge in [0.25, 0.3) is 0 Å². The van der Waals surface area contributed by atoms with Crippen LogP contribution in [0.3, 0.4) is 0 Å². The molecule has 0 bridgehead atoms. The quantitative estimate of drug-likeness (QED) is 0.749. The summed E-state index contributed by atoms with van der Waals surface area (Å²) in [7, 11) is -3.07.